The Kier molecular flexibility index (Phi) is 6.26. The smallest absolute Gasteiger partial charge is 0.407 e. The quantitative estimate of drug-likeness (QED) is 0.559. The van der Waals surface area contributed by atoms with Gasteiger partial charge in [0.05, 0.1) is 5.92 Å². The van der Waals surface area contributed by atoms with E-state index in [0.717, 1.165) is 30.4 Å². The van der Waals surface area contributed by atoms with Crippen molar-refractivity contribution in [1.29, 1.82) is 0 Å². The number of amides is 2. The van der Waals surface area contributed by atoms with Crippen LogP contribution in [0.15, 0.2) is 48.5 Å². The lowest BCUT2D eigenvalue weighted by molar-refractivity contribution is -0.166. The summed E-state index contributed by atoms with van der Waals surface area (Å²) in [6.45, 7) is 0.356. The number of nitrogens with one attached hydrogen (secondary N) is 1. The number of likely N-dealkylation sites (N-methyl/N-ethyl adjacent to an activating group) is 1. The Morgan fingerprint density at radius 2 is 1.66 bits per heavy atom. The lowest BCUT2D eigenvalue weighted by Gasteiger charge is -2.46. The zero-order valence-corrected chi connectivity index (χ0v) is 20.0. The molecule has 3 aliphatic carbocycles. The number of alkyl carbamates (subject to hydrolysis) is 1. The molecule has 2 saturated carbocycles. The van der Waals surface area contributed by atoms with Crippen molar-refractivity contribution in [2.45, 2.75) is 50.0 Å². The second-order valence-electron chi connectivity index (χ2n) is 10.2. The second-order valence-corrected chi connectivity index (χ2v) is 10.2. The van der Waals surface area contributed by atoms with Crippen LogP contribution < -0.4 is 5.32 Å². The third-order valence-corrected chi connectivity index (χ3v) is 8.05. The topological polar surface area (TPSA) is 95.9 Å². The molecule has 1 atom stereocenters. The van der Waals surface area contributed by atoms with Crippen molar-refractivity contribution in [3.8, 4) is 11.1 Å². The lowest BCUT2D eigenvalue weighted by atomic mass is 9.75. The molecular formula is C28H32N2O5. The van der Waals surface area contributed by atoms with E-state index >= 15 is 0 Å². The minimum absolute atomic E-state index is 0.0304. The summed E-state index contributed by atoms with van der Waals surface area (Å²) < 4.78 is 5.62. The Morgan fingerprint density at radius 3 is 2.17 bits per heavy atom. The number of hydrogen-bond acceptors (Lipinski definition) is 4. The van der Waals surface area contributed by atoms with Crippen LogP contribution in [0.25, 0.3) is 11.1 Å². The van der Waals surface area contributed by atoms with Gasteiger partial charge in [0.25, 0.3) is 0 Å². The number of carboxylic acids is 1. The van der Waals surface area contributed by atoms with E-state index in [1.54, 1.807) is 7.05 Å². The molecule has 0 radical (unpaired) electrons. The van der Waals surface area contributed by atoms with Crippen molar-refractivity contribution in [1.82, 2.24) is 10.2 Å². The summed E-state index contributed by atoms with van der Waals surface area (Å²) >= 11 is 0. The standard InChI is InChI=1S/C28H32N2O5/c1-30(28(26(32)33)13-6-14-28)25(31)19(15-18-11-12-18)16-29-27(34)35-17-24-22-9-4-2-7-20(22)21-8-3-5-10-23(21)24/h2-5,7-10,18-19,24H,6,11-17H2,1H3,(H,29,34)(H,32,33). The molecule has 3 aliphatic rings. The summed E-state index contributed by atoms with van der Waals surface area (Å²) in [6, 6.07) is 16.3. The highest BCUT2D eigenvalue weighted by Crippen LogP contribution is 2.44. The summed E-state index contributed by atoms with van der Waals surface area (Å²) in [5, 5.41) is 12.5. The summed E-state index contributed by atoms with van der Waals surface area (Å²) in [5.41, 5.74) is 3.51. The number of rotatable bonds is 9. The third-order valence-electron chi connectivity index (χ3n) is 8.05. The van der Waals surface area contributed by atoms with E-state index in [2.05, 4.69) is 29.6 Å². The van der Waals surface area contributed by atoms with Crippen LogP contribution in [0.4, 0.5) is 4.79 Å². The van der Waals surface area contributed by atoms with E-state index in [0.29, 0.717) is 25.2 Å². The molecule has 5 rings (SSSR count). The molecule has 2 amide bonds. The van der Waals surface area contributed by atoms with Crippen LogP contribution in [-0.4, -0.2) is 53.7 Å². The van der Waals surface area contributed by atoms with Crippen LogP contribution in [0.5, 0.6) is 0 Å². The summed E-state index contributed by atoms with van der Waals surface area (Å²) in [5.74, 6) is -1.18. The number of carbonyl (C=O) groups excluding carboxylic acids is 2. The number of aliphatic carboxylic acids is 1. The van der Waals surface area contributed by atoms with E-state index in [1.807, 2.05) is 24.3 Å². The van der Waals surface area contributed by atoms with Crippen LogP contribution in [0.3, 0.4) is 0 Å². The summed E-state index contributed by atoms with van der Waals surface area (Å²) in [7, 11) is 1.59. The Labute approximate surface area is 205 Å². The Morgan fingerprint density at radius 1 is 1.06 bits per heavy atom. The maximum absolute atomic E-state index is 13.3. The fourth-order valence-electron chi connectivity index (χ4n) is 5.57. The number of nitrogens with zero attached hydrogens (tertiary/aromatic N) is 1. The summed E-state index contributed by atoms with van der Waals surface area (Å²) in [4.78, 5) is 39.2. The predicted octanol–water partition coefficient (Wildman–Crippen LogP) is 4.41. The van der Waals surface area contributed by atoms with Crippen LogP contribution in [0.1, 0.15) is 55.6 Å². The Balaban J connectivity index is 1.21. The van der Waals surface area contributed by atoms with Gasteiger partial charge < -0.3 is 20.1 Å². The van der Waals surface area contributed by atoms with Crippen LogP contribution >= 0.6 is 0 Å². The molecule has 35 heavy (non-hydrogen) atoms. The van der Waals surface area contributed by atoms with Gasteiger partial charge in [-0.2, -0.15) is 0 Å². The fraction of sp³-hybridized carbons (Fsp3) is 0.464. The van der Waals surface area contributed by atoms with Crippen LogP contribution in [0.2, 0.25) is 0 Å². The van der Waals surface area contributed by atoms with Gasteiger partial charge in [-0.25, -0.2) is 9.59 Å². The van der Waals surface area contributed by atoms with Gasteiger partial charge >= 0.3 is 12.1 Å². The molecule has 0 bridgehead atoms. The first-order valence-corrected chi connectivity index (χ1v) is 12.5. The van der Waals surface area contributed by atoms with E-state index in [1.165, 1.54) is 16.0 Å². The average Bonchev–Trinajstić information content (AvgIpc) is 3.59. The number of benzene rings is 2. The molecule has 2 fully saturated rings. The van der Waals surface area contributed by atoms with Gasteiger partial charge in [0.1, 0.15) is 12.1 Å². The molecule has 2 N–H and O–H groups in total. The van der Waals surface area contributed by atoms with Crippen molar-refractivity contribution >= 4 is 18.0 Å². The highest BCUT2D eigenvalue weighted by molar-refractivity contribution is 5.89. The first kappa shape index (κ1) is 23.4. The number of ether oxygens (including phenoxy) is 1. The van der Waals surface area contributed by atoms with Crippen molar-refractivity contribution in [3.05, 3.63) is 59.7 Å². The molecule has 7 nitrogen and oxygen atoms in total. The first-order valence-electron chi connectivity index (χ1n) is 12.5. The maximum Gasteiger partial charge on any atom is 0.407 e. The van der Waals surface area contributed by atoms with E-state index in [-0.39, 0.29) is 25.0 Å². The van der Waals surface area contributed by atoms with Crippen LogP contribution in [-0.2, 0) is 14.3 Å². The largest absolute Gasteiger partial charge is 0.479 e. The van der Waals surface area contributed by atoms with Gasteiger partial charge in [0, 0.05) is 19.5 Å². The SMILES string of the molecule is CN(C(=O)C(CNC(=O)OCC1c2ccccc2-c2ccccc21)CC1CC1)C1(C(=O)O)CCC1. The minimum atomic E-state index is -1.11. The van der Waals surface area contributed by atoms with Crippen molar-refractivity contribution in [3.63, 3.8) is 0 Å². The Bertz CT molecular complexity index is 1090. The molecule has 0 spiro atoms. The minimum Gasteiger partial charge on any atom is -0.479 e. The Hall–Kier alpha value is -3.35. The number of carbonyl (C=O) groups is 3. The first-order chi connectivity index (χ1) is 16.9. The second kappa shape index (κ2) is 9.36. The highest BCUT2D eigenvalue weighted by Gasteiger charge is 2.51. The number of hydrogen-bond donors (Lipinski definition) is 2. The maximum atomic E-state index is 13.3. The molecule has 0 saturated heterocycles. The van der Waals surface area contributed by atoms with Gasteiger partial charge in [-0.15, -0.1) is 0 Å². The molecule has 7 heteroatoms. The molecule has 0 aliphatic heterocycles. The molecule has 2 aromatic rings. The van der Waals surface area contributed by atoms with E-state index in [4.69, 9.17) is 4.74 Å². The van der Waals surface area contributed by atoms with Gasteiger partial charge in [0.2, 0.25) is 5.91 Å². The van der Waals surface area contributed by atoms with Gasteiger partial charge in [-0.05, 0) is 53.9 Å². The zero-order chi connectivity index (χ0) is 24.6. The molecule has 0 heterocycles. The van der Waals surface area contributed by atoms with Gasteiger partial charge in [-0.1, -0.05) is 61.4 Å². The van der Waals surface area contributed by atoms with Crippen molar-refractivity contribution < 1.29 is 24.2 Å². The van der Waals surface area contributed by atoms with Crippen molar-refractivity contribution in [2.24, 2.45) is 11.8 Å². The summed E-state index contributed by atoms with van der Waals surface area (Å²) in [6.07, 6.45) is 3.99. The number of carboxylic acid groups (broad SMARTS) is 1. The lowest BCUT2D eigenvalue weighted by Crippen LogP contribution is -2.61. The average molecular weight is 477 g/mol. The van der Waals surface area contributed by atoms with Crippen molar-refractivity contribution in [2.75, 3.05) is 20.2 Å². The molecule has 184 valence electrons. The normalized spacial score (nSPS) is 18.5. The van der Waals surface area contributed by atoms with E-state index in [9.17, 15) is 19.5 Å². The monoisotopic (exact) mass is 476 g/mol. The molecular weight excluding hydrogens is 444 g/mol. The fourth-order valence-corrected chi connectivity index (χ4v) is 5.57. The third kappa shape index (κ3) is 4.40. The predicted molar refractivity (Wildman–Crippen MR) is 131 cm³/mol. The number of fused-ring (bicyclic) bond motifs is 3. The molecule has 2 aromatic carbocycles. The molecule has 0 aromatic heterocycles. The van der Waals surface area contributed by atoms with Gasteiger partial charge in [0.15, 0.2) is 0 Å². The van der Waals surface area contributed by atoms with E-state index < -0.39 is 23.5 Å². The zero-order valence-electron chi connectivity index (χ0n) is 20.0. The van der Waals surface area contributed by atoms with Crippen LogP contribution in [0, 0.1) is 11.8 Å². The van der Waals surface area contributed by atoms with Gasteiger partial charge in [-0.3, -0.25) is 4.79 Å². The highest BCUT2D eigenvalue weighted by atomic mass is 16.5. The molecule has 1 unspecified atom stereocenters.